The van der Waals surface area contributed by atoms with Crippen LogP contribution in [0.4, 0.5) is 0 Å². The lowest BCUT2D eigenvalue weighted by Gasteiger charge is -2.20. The van der Waals surface area contributed by atoms with Gasteiger partial charge in [-0.1, -0.05) is 6.92 Å². The summed E-state index contributed by atoms with van der Waals surface area (Å²) >= 11 is 0. The summed E-state index contributed by atoms with van der Waals surface area (Å²) in [5, 5.41) is 0. The Labute approximate surface area is 66.4 Å². The second-order valence-corrected chi connectivity index (χ2v) is 2.91. The summed E-state index contributed by atoms with van der Waals surface area (Å²) in [6, 6.07) is 0.0810. The third kappa shape index (κ3) is 1.42. The maximum atomic E-state index is 11.1. The molecule has 0 spiro atoms. The van der Waals surface area contributed by atoms with Crippen LogP contribution in [-0.4, -0.2) is 22.8 Å². The lowest BCUT2D eigenvalue weighted by atomic mass is 10.2. The molecule has 1 atom stereocenters. The van der Waals surface area contributed by atoms with Gasteiger partial charge in [-0.3, -0.25) is 14.5 Å². The van der Waals surface area contributed by atoms with Crippen molar-refractivity contribution in [1.29, 1.82) is 0 Å². The van der Waals surface area contributed by atoms with Gasteiger partial charge in [0.1, 0.15) is 0 Å². The zero-order valence-electron chi connectivity index (χ0n) is 6.96. The Bertz CT molecular complexity index is 173. The third-order valence-corrected chi connectivity index (χ3v) is 2.12. The van der Waals surface area contributed by atoms with Gasteiger partial charge in [-0.05, 0) is 13.3 Å². The number of imide groups is 1. The molecule has 62 valence electrons. The molecule has 0 aromatic heterocycles. The van der Waals surface area contributed by atoms with Gasteiger partial charge >= 0.3 is 0 Å². The Hall–Kier alpha value is -0.860. The van der Waals surface area contributed by atoms with Crippen LogP contribution in [0.3, 0.4) is 0 Å². The number of nitrogens with zero attached hydrogens (tertiary/aromatic N) is 1. The van der Waals surface area contributed by atoms with Gasteiger partial charge in [-0.2, -0.15) is 0 Å². The van der Waals surface area contributed by atoms with Crippen molar-refractivity contribution in [3.63, 3.8) is 0 Å². The topological polar surface area (TPSA) is 37.4 Å². The first kappa shape index (κ1) is 8.24. The molecular formula is C8H13NO2. The summed E-state index contributed by atoms with van der Waals surface area (Å²) in [4.78, 5) is 23.6. The first-order valence-corrected chi connectivity index (χ1v) is 4.01. The predicted octanol–water partition coefficient (Wildman–Crippen LogP) is 0.934. The molecular weight excluding hydrogens is 142 g/mol. The normalized spacial score (nSPS) is 21.1. The molecule has 1 rings (SSSR count). The maximum absolute atomic E-state index is 11.1. The third-order valence-electron chi connectivity index (χ3n) is 2.12. The Morgan fingerprint density at radius 1 is 1.36 bits per heavy atom. The Kier molecular flexibility index (Phi) is 2.27. The summed E-state index contributed by atoms with van der Waals surface area (Å²) in [6.45, 7) is 3.88. The van der Waals surface area contributed by atoms with E-state index in [-0.39, 0.29) is 17.9 Å². The first-order valence-electron chi connectivity index (χ1n) is 4.01. The average Bonchev–Trinajstić information content (AvgIpc) is 2.30. The number of carbonyl (C=O) groups excluding carboxylic acids is 2. The molecule has 1 aliphatic rings. The first-order chi connectivity index (χ1) is 5.16. The van der Waals surface area contributed by atoms with Gasteiger partial charge in [0.05, 0.1) is 0 Å². The molecule has 1 fully saturated rings. The van der Waals surface area contributed by atoms with E-state index < -0.39 is 0 Å². The number of rotatable bonds is 2. The SMILES string of the molecule is CC[C@@H](C)N1C(=O)CCC1=O. The monoisotopic (exact) mass is 155 g/mol. The molecule has 3 heteroatoms. The summed E-state index contributed by atoms with van der Waals surface area (Å²) in [7, 11) is 0. The van der Waals surface area contributed by atoms with Crippen LogP contribution in [0.2, 0.25) is 0 Å². The van der Waals surface area contributed by atoms with E-state index in [4.69, 9.17) is 0 Å². The highest BCUT2D eigenvalue weighted by Gasteiger charge is 2.31. The maximum Gasteiger partial charge on any atom is 0.229 e. The van der Waals surface area contributed by atoms with Crippen LogP contribution in [0.25, 0.3) is 0 Å². The van der Waals surface area contributed by atoms with Crippen molar-refractivity contribution in [2.75, 3.05) is 0 Å². The van der Waals surface area contributed by atoms with E-state index in [0.717, 1.165) is 6.42 Å². The molecule has 1 saturated heterocycles. The van der Waals surface area contributed by atoms with Gasteiger partial charge in [0.25, 0.3) is 0 Å². The van der Waals surface area contributed by atoms with Crippen LogP contribution < -0.4 is 0 Å². The van der Waals surface area contributed by atoms with E-state index in [9.17, 15) is 9.59 Å². The van der Waals surface area contributed by atoms with Gasteiger partial charge in [-0.25, -0.2) is 0 Å². The van der Waals surface area contributed by atoms with Crippen LogP contribution in [0.5, 0.6) is 0 Å². The molecule has 0 aliphatic carbocycles. The summed E-state index contributed by atoms with van der Waals surface area (Å²) in [5.74, 6) is -0.0197. The van der Waals surface area contributed by atoms with E-state index in [0.29, 0.717) is 12.8 Å². The van der Waals surface area contributed by atoms with Gasteiger partial charge in [0.15, 0.2) is 0 Å². The second-order valence-electron chi connectivity index (χ2n) is 2.91. The minimum atomic E-state index is -0.00986. The van der Waals surface area contributed by atoms with E-state index in [1.165, 1.54) is 4.90 Å². The van der Waals surface area contributed by atoms with Gasteiger partial charge < -0.3 is 0 Å². The summed E-state index contributed by atoms with van der Waals surface area (Å²) in [5.41, 5.74) is 0. The van der Waals surface area contributed by atoms with Crippen molar-refractivity contribution < 1.29 is 9.59 Å². The fourth-order valence-corrected chi connectivity index (χ4v) is 1.27. The molecule has 0 aromatic rings. The molecule has 3 nitrogen and oxygen atoms in total. The summed E-state index contributed by atoms with van der Waals surface area (Å²) < 4.78 is 0. The molecule has 0 saturated carbocycles. The van der Waals surface area contributed by atoms with Crippen LogP contribution in [0.15, 0.2) is 0 Å². The molecule has 11 heavy (non-hydrogen) atoms. The molecule has 0 N–H and O–H groups in total. The average molecular weight is 155 g/mol. The summed E-state index contributed by atoms with van der Waals surface area (Å²) in [6.07, 6.45) is 1.66. The zero-order valence-corrected chi connectivity index (χ0v) is 6.96. The predicted molar refractivity (Wildman–Crippen MR) is 40.8 cm³/mol. The van der Waals surface area contributed by atoms with Gasteiger partial charge in [0.2, 0.25) is 11.8 Å². The smallest absolute Gasteiger partial charge is 0.229 e. The van der Waals surface area contributed by atoms with Crippen molar-refractivity contribution in [2.24, 2.45) is 0 Å². The van der Waals surface area contributed by atoms with E-state index in [2.05, 4.69) is 0 Å². The number of hydrogen-bond donors (Lipinski definition) is 0. The zero-order chi connectivity index (χ0) is 8.43. The van der Waals surface area contributed by atoms with Crippen molar-refractivity contribution >= 4 is 11.8 Å². The lowest BCUT2D eigenvalue weighted by Crippen LogP contribution is -2.36. The second kappa shape index (κ2) is 3.03. The standard InChI is InChI=1S/C8H13NO2/c1-3-6(2)9-7(10)4-5-8(9)11/h6H,3-5H2,1-2H3/t6-/m1/s1. The Morgan fingerprint density at radius 2 is 1.82 bits per heavy atom. The molecule has 0 unspecified atom stereocenters. The van der Waals surface area contributed by atoms with E-state index >= 15 is 0 Å². The fraction of sp³-hybridized carbons (Fsp3) is 0.750. The van der Waals surface area contributed by atoms with Gasteiger partial charge in [0, 0.05) is 18.9 Å². The molecule has 1 heterocycles. The van der Waals surface area contributed by atoms with Crippen LogP contribution in [0.1, 0.15) is 33.1 Å². The number of amides is 2. The van der Waals surface area contributed by atoms with Crippen molar-refractivity contribution in [1.82, 2.24) is 4.90 Å². The molecule has 0 aromatic carbocycles. The van der Waals surface area contributed by atoms with Crippen molar-refractivity contribution in [2.45, 2.75) is 39.2 Å². The molecule has 0 bridgehead atoms. The van der Waals surface area contributed by atoms with Crippen LogP contribution in [0, 0.1) is 0 Å². The van der Waals surface area contributed by atoms with Crippen LogP contribution >= 0.6 is 0 Å². The van der Waals surface area contributed by atoms with Crippen LogP contribution in [-0.2, 0) is 9.59 Å². The number of carbonyl (C=O) groups is 2. The Morgan fingerprint density at radius 3 is 2.18 bits per heavy atom. The highest BCUT2D eigenvalue weighted by atomic mass is 16.2. The Balaban J connectivity index is 2.68. The lowest BCUT2D eigenvalue weighted by molar-refractivity contribution is -0.140. The quantitative estimate of drug-likeness (QED) is 0.556. The molecule has 2 amide bonds. The minimum absolute atomic E-state index is 0.00986. The molecule has 0 radical (unpaired) electrons. The highest BCUT2D eigenvalue weighted by molar-refractivity contribution is 6.02. The highest BCUT2D eigenvalue weighted by Crippen LogP contribution is 2.16. The minimum Gasteiger partial charge on any atom is -0.280 e. The van der Waals surface area contributed by atoms with Gasteiger partial charge in [-0.15, -0.1) is 0 Å². The van der Waals surface area contributed by atoms with Crippen molar-refractivity contribution in [3.05, 3.63) is 0 Å². The largest absolute Gasteiger partial charge is 0.280 e. The van der Waals surface area contributed by atoms with E-state index in [1.807, 2.05) is 13.8 Å². The van der Waals surface area contributed by atoms with E-state index in [1.54, 1.807) is 0 Å². The van der Waals surface area contributed by atoms with Crippen molar-refractivity contribution in [3.8, 4) is 0 Å². The molecule has 1 aliphatic heterocycles. The number of hydrogen-bond acceptors (Lipinski definition) is 2. The number of likely N-dealkylation sites (tertiary alicyclic amines) is 1. The fourth-order valence-electron chi connectivity index (χ4n) is 1.27.